The van der Waals surface area contributed by atoms with Crippen LogP contribution in [0.2, 0.25) is 0 Å². The summed E-state index contributed by atoms with van der Waals surface area (Å²) in [4.78, 5) is 14.2. The fourth-order valence-electron chi connectivity index (χ4n) is 0.856. The zero-order chi connectivity index (χ0) is 10.7. The van der Waals surface area contributed by atoms with E-state index in [4.69, 9.17) is 18.2 Å². The van der Waals surface area contributed by atoms with Crippen molar-refractivity contribution in [2.45, 2.75) is 0 Å². The summed E-state index contributed by atoms with van der Waals surface area (Å²) in [5, 5.41) is 6.40. The van der Waals surface area contributed by atoms with Crippen molar-refractivity contribution in [3.8, 4) is 0 Å². The van der Waals surface area contributed by atoms with Crippen molar-refractivity contribution in [2.75, 3.05) is 11.2 Å². The lowest BCUT2D eigenvalue weighted by Gasteiger charge is -1.96. The highest BCUT2D eigenvalue weighted by molar-refractivity contribution is 9.10. The summed E-state index contributed by atoms with van der Waals surface area (Å²) in [5.41, 5.74) is 0. The van der Waals surface area contributed by atoms with Crippen LogP contribution in [0.3, 0.4) is 0 Å². The first kappa shape index (κ1) is 11.0. The minimum Gasteiger partial charge on any atom is -0.361 e. The Bertz CT molecular complexity index is 409. The molecule has 1 rings (SSSR count). The van der Waals surface area contributed by atoms with E-state index in [9.17, 15) is 4.79 Å². The van der Waals surface area contributed by atoms with Crippen molar-refractivity contribution < 1.29 is 4.79 Å². The van der Waals surface area contributed by atoms with Gasteiger partial charge < -0.3 is 10.2 Å². The maximum absolute atomic E-state index is 11.0. The molecule has 0 bridgehead atoms. The zero-order valence-corrected chi connectivity index (χ0v) is 9.55. The van der Waals surface area contributed by atoms with Crippen molar-refractivity contribution in [1.82, 2.24) is 9.78 Å². The number of halogens is 2. The fourth-order valence-corrected chi connectivity index (χ4v) is 1.45. The van der Waals surface area contributed by atoms with Crippen LogP contribution in [0.4, 0.5) is 11.6 Å². The van der Waals surface area contributed by atoms with E-state index in [2.05, 4.69) is 31.2 Å². The predicted octanol–water partition coefficient (Wildman–Crippen LogP) is 1.91. The molecule has 1 aromatic rings. The monoisotopic (exact) mass is 276 g/mol. The average molecular weight is 278 g/mol. The Hall–Kier alpha value is -1.06. The van der Waals surface area contributed by atoms with Crippen LogP contribution in [0.25, 0.3) is 4.85 Å². The van der Waals surface area contributed by atoms with E-state index in [1.807, 2.05) is 0 Å². The number of aromatic nitrogens is 2. The highest BCUT2D eigenvalue weighted by Crippen LogP contribution is 2.31. The SMILES string of the molecule is [C-]#[N+]c1c(Br)c(NC(=O)CCl)nn1C. The quantitative estimate of drug-likeness (QED) is 0.663. The molecule has 0 saturated carbocycles. The van der Waals surface area contributed by atoms with E-state index < -0.39 is 0 Å². The lowest BCUT2D eigenvalue weighted by Crippen LogP contribution is -2.13. The molecule has 1 aromatic heterocycles. The number of hydrogen-bond donors (Lipinski definition) is 1. The minimum atomic E-state index is -0.359. The van der Waals surface area contributed by atoms with Crippen molar-refractivity contribution in [3.05, 3.63) is 15.9 Å². The molecule has 0 spiro atoms. The fraction of sp³-hybridized carbons (Fsp3) is 0.286. The Morgan fingerprint density at radius 3 is 2.93 bits per heavy atom. The van der Waals surface area contributed by atoms with E-state index in [0.717, 1.165) is 0 Å². The number of anilines is 1. The molecule has 1 heterocycles. The number of rotatable bonds is 2. The first-order chi connectivity index (χ1) is 6.60. The topological polar surface area (TPSA) is 51.3 Å². The molecule has 0 radical (unpaired) electrons. The molecule has 14 heavy (non-hydrogen) atoms. The van der Waals surface area contributed by atoms with Gasteiger partial charge in [-0.25, -0.2) is 0 Å². The van der Waals surface area contributed by atoms with E-state index >= 15 is 0 Å². The van der Waals surface area contributed by atoms with Crippen molar-refractivity contribution in [1.29, 1.82) is 0 Å². The first-order valence-electron chi connectivity index (χ1n) is 3.56. The summed E-state index contributed by atoms with van der Waals surface area (Å²) in [6.45, 7) is 6.86. The summed E-state index contributed by atoms with van der Waals surface area (Å²) in [5.74, 6) is 0.136. The molecule has 74 valence electrons. The molecule has 1 N–H and O–H groups in total. The van der Waals surface area contributed by atoms with Gasteiger partial charge in [-0.05, 0) is 0 Å². The lowest BCUT2D eigenvalue weighted by molar-refractivity contribution is -0.113. The van der Waals surface area contributed by atoms with Crippen LogP contribution in [-0.2, 0) is 11.8 Å². The van der Waals surface area contributed by atoms with Gasteiger partial charge in [-0.3, -0.25) is 4.79 Å². The molecular weight excluding hydrogens is 271 g/mol. The Morgan fingerprint density at radius 1 is 1.86 bits per heavy atom. The van der Waals surface area contributed by atoms with Gasteiger partial charge in [0.1, 0.15) is 5.88 Å². The summed E-state index contributed by atoms with van der Waals surface area (Å²) in [6.07, 6.45) is 0. The Labute approximate surface area is 94.0 Å². The van der Waals surface area contributed by atoms with Gasteiger partial charge in [0, 0.05) is 0 Å². The molecule has 0 aliphatic carbocycles. The number of alkyl halides is 1. The number of hydrogen-bond acceptors (Lipinski definition) is 2. The lowest BCUT2D eigenvalue weighted by atomic mass is 10.5. The predicted molar refractivity (Wildman–Crippen MR) is 56.5 cm³/mol. The third kappa shape index (κ3) is 2.05. The number of carbonyl (C=O) groups excluding carboxylic acids is 1. The molecule has 0 aromatic carbocycles. The smallest absolute Gasteiger partial charge is 0.268 e. The third-order valence-electron chi connectivity index (χ3n) is 1.45. The van der Waals surface area contributed by atoms with Gasteiger partial charge in [-0.1, -0.05) is 27.6 Å². The van der Waals surface area contributed by atoms with E-state index in [0.29, 0.717) is 16.1 Å². The van der Waals surface area contributed by atoms with Crippen LogP contribution >= 0.6 is 27.5 Å². The van der Waals surface area contributed by atoms with Crippen LogP contribution in [0.15, 0.2) is 4.47 Å². The number of carbonyl (C=O) groups is 1. The molecule has 0 saturated heterocycles. The standard InChI is InChI=1S/C7H6BrClN4O/c1-10-7-5(8)6(12-13(7)2)11-4(14)3-9/h3H2,2H3,(H,11,12,14). The molecule has 0 fully saturated rings. The largest absolute Gasteiger partial charge is 0.361 e. The molecule has 1 amide bonds. The number of amides is 1. The second-order valence-electron chi connectivity index (χ2n) is 2.40. The van der Waals surface area contributed by atoms with Crippen molar-refractivity contribution in [2.24, 2.45) is 7.05 Å². The van der Waals surface area contributed by atoms with Crippen LogP contribution in [0, 0.1) is 6.57 Å². The molecule has 0 aliphatic heterocycles. The maximum Gasteiger partial charge on any atom is 0.268 e. The van der Waals surface area contributed by atoms with E-state index in [1.165, 1.54) is 4.68 Å². The van der Waals surface area contributed by atoms with E-state index in [1.54, 1.807) is 7.05 Å². The summed E-state index contributed by atoms with van der Waals surface area (Å²) < 4.78 is 1.84. The molecule has 0 unspecified atom stereocenters. The second-order valence-corrected chi connectivity index (χ2v) is 3.46. The Kier molecular flexibility index (Phi) is 3.49. The molecular formula is C7H6BrClN4O. The second kappa shape index (κ2) is 4.44. The van der Waals surface area contributed by atoms with Gasteiger partial charge in [-0.2, -0.15) is 4.68 Å². The Balaban J connectivity index is 3.01. The highest BCUT2D eigenvalue weighted by Gasteiger charge is 2.15. The number of aryl methyl sites for hydroxylation is 1. The van der Waals surface area contributed by atoms with Gasteiger partial charge in [-0.15, -0.1) is 11.6 Å². The summed E-state index contributed by atoms with van der Waals surface area (Å²) >= 11 is 8.48. The normalized spacial score (nSPS) is 9.57. The maximum atomic E-state index is 11.0. The van der Waals surface area contributed by atoms with Crippen molar-refractivity contribution in [3.63, 3.8) is 0 Å². The van der Waals surface area contributed by atoms with Gasteiger partial charge in [0.2, 0.25) is 5.91 Å². The van der Waals surface area contributed by atoms with Crippen LogP contribution in [-0.4, -0.2) is 21.6 Å². The Morgan fingerprint density at radius 2 is 2.50 bits per heavy atom. The molecule has 5 nitrogen and oxygen atoms in total. The minimum absolute atomic E-state index is 0.142. The number of nitrogens with zero attached hydrogens (tertiary/aromatic N) is 3. The highest BCUT2D eigenvalue weighted by atomic mass is 79.9. The van der Waals surface area contributed by atoms with Gasteiger partial charge >= 0.3 is 0 Å². The van der Waals surface area contributed by atoms with Crippen molar-refractivity contribution >= 4 is 45.1 Å². The van der Waals surface area contributed by atoms with E-state index in [-0.39, 0.29) is 11.8 Å². The molecule has 0 aliphatic rings. The van der Waals surface area contributed by atoms with Crippen LogP contribution in [0.5, 0.6) is 0 Å². The molecule has 0 atom stereocenters. The third-order valence-corrected chi connectivity index (χ3v) is 2.42. The van der Waals surface area contributed by atoms with Gasteiger partial charge in [0.15, 0.2) is 5.82 Å². The van der Waals surface area contributed by atoms with Crippen LogP contribution in [0.1, 0.15) is 0 Å². The van der Waals surface area contributed by atoms with Gasteiger partial charge in [0.05, 0.1) is 11.5 Å². The summed E-state index contributed by atoms with van der Waals surface area (Å²) in [6, 6.07) is 0. The number of nitrogens with one attached hydrogen (secondary N) is 1. The molecule has 7 heteroatoms. The van der Waals surface area contributed by atoms with Gasteiger partial charge in [0.25, 0.3) is 5.82 Å². The van der Waals surface area contributed by atoms with Crippen LogP contribution < -0.4 is 5.32 Å². The average Bonchev–Trinajstić information content (AvgIpc) is 2.42. The first-order valence-corrected chi connectivity index (χ1v) is 4.88. The summed E-state index contributed by atoms with van der Waals surface area (Å²) in [7, 11) is 1.62. The zero-order valence-electron chi connectivity index (χ0n) is 7.21.